The fourth-order valence-corrected chi connectivity index (χ4v) is 2.12. The molecular weight excluding hydrogens is 268 g/mol. The molecule has 0 aliphatic carbocycles. The Morgan fingerprint density at radius 1 is 1.33 bits per heavy atom. The number of rotatable bonds is 9. The zero-order valence-electron chi connectivity index (χ0n) is 13.1. The Morgan fingerprint density at radius 2 is 1.95 bits per heavy atom. The second-order valence-electron chi connectivity index (χ2n) is 5.59. The van der Waals surface area contributed by atoms with Crippen LogP contribution in [-0.2, 0) is 16.0 Å². The van der Waals surface area contributed by atoms with E-state index in [1.165, 1.54) is 0 Å². The van der Waals surface area contributed by atoms with Gasteiger partial charge in [-0.3, -0.25) is 4.79 Å². The van der Waals surface area contributed by atoms with Gasteiger partial charge in [0, 0.05) is 19.3 Å². The molecule has 1 aromatic carbocycles. The van der Waals surface area contributed by atoms with E-state index < -0.39 is 5.97 Å². The third-order valence-corrected chi connectivity index (χ3v) is 3.48. The molecule has 118 valence electrons. The van der Waals surface area contributed by atoms with Crippen molar-refractivity contribution in [2.24, 2.45) is 17.6 Å². The topological polar surface area (TPSA) is 75.8 Å². The standard InChI is InChI=1S/C16H26N2O3/c1-12(9-17)10-18(11-21-3)15-6-4-14(5-7-15)8-13(2)16(19)20/h4-7,12-13H,8-11,17H2,1-3H3,(H,19,20)/t12-,13?/m0/s1. The van der Waals surface area contributed by atoms with E-state index in [0.717, 1.165) is 17.8 Å². The Hall–Kier alpha value is -1.59. The van der Waals surface area contributed by atoms with Crippen molar-refractivity contribution in [3.8, 4) is 0 Å². The van der Waals surface area contributed by atoms with Crippen molar-refractivity contribution in [3.63, 3.8) is 0 Å². The molecule has 5 heteroatoms. The number of hydrogen-bond donors (Lipinski definition) is 2. The predicted molar refractivity (Wildman–Crippen MR) is 84.4 cm³/mol. The first-order chi connectivity index (χ1) is 9.97. The van der Waals surface area contributed by atoms with E-state index in [1.807, 2.05) is 24.3 Å². The molecule has 0 aromatic heterocycles. The minimum absolute atomic E-state index is 0.372. The Balaban J connectivity index is 2.75. The first-order valence-corrected chi connectivity index (χ1v) is 7.23. The van der Waals surface area contributed by atoms with Crippen LogP contribution < -0.4 is 10.6 Å². The van der Waals surface area contributed by atoms with Gasteiger partial charge in [0.2, 0.25) is 0 Å². The van der Waals surface area contributed by atoms with Crippen LogP contribution in [0.15, 0.2) is 24.3 Å². The average Bonchev–Trinajstić information content (AvgIpc) is 2.47. The lowest BCUT2D eigenvalue weighted by molar-refractivity contribution is -0.141. The molecule has 1 unspecified atom stereocenters. The van der Waals surface area contributed by atoms with Crippen LogP contribution in [0.5, 0.6) is 0 Å². The molecule has 2 atom stereocenters. The fourth-order valence-electron chi connectivity index (χ4n) is 2.12. The van der Waals surface area contributed by atoms with Crippen molar-refractivity contribution in [2.75, 3.05) is 31.8 Å². The maximum absolute atomic E-state index is 10.9. The summed E-state index contributed by atoms with van der Waals surface area (Å²) in [5, 5.41) is 8.95. The predicted octanol–water partition coefficient (Wildman–Crippen LogP) is 1.95. The highest BCUT2D eigenvalue weighted by atomic mass is 16.5. The molecule has 5 nitrogen and oxygen atoms in total. The zero-order valence-corrected chi connectivity index (χ0v) is 13.1. The first-order valence-electron chi connectivity index (χ1n) is 7.23. The van der Waals surface area contributed by atoms with Crippen LogP contribution in [0.2, 0.25) is 0 Å². The van der Waals surface area contributed by atoms with Crippen molar-refractivity contribution in [3.05, 3.63) is 29.8 Å². The molecule has 0 fully saturated rings. The zero-order chi connectivity index (χ0) is 15.8. The van der Waals surface area contributed by atoms with Gasteiger partial charge in [-0.1, -0.05) is 26.0 Å². The number of anilines is 1. The summed E-state index contributed by atoms with van der Waals surface area (Å²) in [6.07, 6.45) is 0.541. The Labute approximate surface area is 126 Å². The van der Waals surface area contributed by atoms with Crippen LogP contribution in [-0.4, -0.2) is 38.0 Å². The van der Waals surface area contributed by atoms with Crippen molar-refractivity contribution in [1.29, 1.82) is 0 Å². The summed E-state index contributed by atoms with van der Waals surface area (Å²) in [4.78, 5) is 13.0. The molecule has 0 radical (unpaired) electrons. The Kier molecular flexibility index (Phi) is 7.19. The molecule has 0 aliphatic rings. The number of carboxylic acid groups (broad SMARTS) is 1. The average molecular weight is 294 g/mol. The number of benzene rings is 1. The summed E-state index contributed by atoms with van der Waals surface area (Å²) in [5.41, 5.74) is 7.76. The SMILES string of the molecule is COCN(C[C@@H](C)CN)c1ccc(CC(C)C(=O)O)cc1. The molecule has 1 rings (SSSR count). The number of ether oxygens (including phenoxy) is 1. The van der Waals surface area contributed by atoms with Gasteiger partial charge in [-0.05, 0) is 36.6 Å². The van der Waals surface area contributed by atoms with Gasteiger partial charge >= 0.3 is 5.97 Å². The van der Waals surface area contributed by atoms with E-state index in [0.29, 0.717) is 25.6 Å². The summed E-state index contributed by atoms with van der Waals surface area (Å²) < 4.78 is 5.24. The highest BCUT2D eigenvalue weighted by Crippen LogP contribution is 2.18. The minimum Gasteiger partial charge on any atom is -0.481 e. The Bertz CT molecular complexity index is 434. The molecular formula is C16H26N2O3. The van der Waals surface area contributed by atoms with E-state index >= 15 is 0 Å². The number of hydrogen-bond acceptors (Lipinski definition) is 4. The van der Waals surface area contributed by atoms with E-state index in [4.69, 9.17) is 15.6 Å². The maximum atomic E-state index is 10.9. The van der Waals surface area contributed by atoms with Gasteiger partial charge in [0.05, 0.1) is 5.92 Å². The van der Waals surface area contributed by atoms with Gasteiger partial charge in [-0.25, -0.2) is 0 Å². The molecule has 1 aromatic rings. The monoisotopic (exact) mass is 294 g/mol. The summed E-state index contributed by atoms with van der Waals surface area (Å²) in [7, 11) is 1.67. The molecule has 0 amide bonds. The van der Waals surface area contributed by atoms with E-state index in [2.05, 4.69) is 11.8 Å². The Morgan fingerprint density at radius 3 is 2.43 bits per heavy atom. The van der Waals surface area contributed by atoms with E-state index in [9.17, 15) is 4.79 Å². The highest BCUT2D eigenvalue weighted by molar-refractivity contribution is 5.69. The second-order valence-corrected chi connectivity index (χ2v) is 5.59. The summed E-state index contributed by atoms with van der Waals surface area (Å²) in [6, 6.07) is 7.97. The van der Waals surface area contributed by atoms with Crippen molar-refractivity contribution in [2.45, 2.75) is 20.3 Å². The molecule has 0 saturated heterocycles. The number of methoxy groups -OCH3 is 1. The lowest BCUT2D eigenvalue weighted by atomic mass is 10.0. The van der Waals surface area contributed by atoms with Crippen LogP contribution in [0, 0.1) is 11.8 Å². The van der Waals surface area contributed by atoms with Crippen LogP contribution in [0.4, 0.5) is 5.69 Å². The second kappa shape index (κ2) is 8.64. The third-order valence-electron chi connectivity index (χ3n) is 3.48. The largest absolute Gasteiger partial charge is 0.481 e. The van der Waals surface area contributed by atoms with Gasteiger partial charge < -0.3 is 20.5 Å². The number of nitrogens with two attached hydrogens (primary N) is 1. The molecule has 0 saturated carbocycles. The van der Waals surface area contributed by atoms with Crippen LogP contribution in [0.25, 0.3) is 0 Å². The first kappa shape index (κ1) is 17.5. The number of aliphatic carboxylic acids is 1. The van der Waals surface area contributed by atoms with Crippen LogP contribution in [0.3, 0.4) is 0 Å². The van der Waals surface area contributed by atoms with Gasteiger partial charge in [-0.15, -0.1) is 0 Å². The molecule has 3 N–H and O–H groups in total. The molecule has 0 spiro atoms. The maximum Gasteiger partial charge on any atom is 0.306 e. The fraction of sp³-hybridized carbons (Fsp3) is 0.562. The number of carboxylic acids is 1. The molecule has 0 bridgehead atoms. The van der Waals surface area contributed by atoms with Gasteiger partial charge in [0.15, 0.2) is 0 Å². The van der Waals surface area contributed by atoms with Crippen molar-refractivity contribution >= 4 is 11.7 Å². The number of carbonyl (C=O) groups is 1. The van der Waals surface area contributed by atoms with Gasteiger partial charge in [-0.2, -0.15) is 0 Å². The normalized spacial score (nSPS) is 13.7. The van der Waals surface area contributed by atoms with E-state index in [-0.39, 0.29) is 5.92 Å². The number of nitrogens with zero attached hydrogens (tertiary/aromatic N) is 1. The third kappa shape index (κ3) is 5.73. The molecule has 0 heterocycles. The van der Waals surface area contributed by atoms with Gasteiger partial charge in [0.25, 0.3) is 0 Å². The van der Waals surface area contributed by atoms with Crippen LogP contribution in [0.1, 0.15) is 19.4 Å². The highest BCUT2D eigenvalue weighted by Gasteiger charge is 2.13. The summed E-state index contributed by atoms with van der Waals surface area (Å²) >= 11 is 0. The van der Waals surface area contributed by atoms with Crippen molar-refractivity contribution in [1.82, 2.24) is 0 Å². The summed E-state index contributed by atoms with van der Waals surface area (Å²) in [6.45, 7) is 5.79. The van der Waals surface area contributed by atoms with E-state index in [1.54, 1.807) is 14.0 Å². The smallest absolute Gasteiger partial charge is 0.306 e. The van der Waals surface area contributed by atoms with Crippen LogP contribution >= 0.6 is 0 Å². The summed E-state index contributed by atoms with van der Waals surface area (Å²) in [5.74, 6) is -0.757. The minimum atomic E-state index is -0.767. The quantitative estimate of drug-likeness (QED) is 0.681. The van der Waals surface area contributed by atoms with Gasteiger partial charge in [0.1, 0.15) is 6.73 Å². The molecule has 21 heavy (non-hydrogen) atoms. The van der Waals surface area contributed by atoms with Crippen molar-refractivity contribution < 1.29 is 14.6 Å². The molecule has 0 aliphatic heterocycles. The lowest BCUT2D eigenvalue weighted by Crippen LogP contribution is -2.33. The lowest BCUT2D eigenvalue weighted by Gasteiger charge is -2.26.